The minimum absolute atomic E-state index is 0.0439. The second-order valence-electron chi connectivity index (χ2n) is 7.58. The first-order valence-corrected chi connectivity index (χ1v) is 8.71. The Morgan fingerprint density at radius 2 is 1.96 bits per heavy atom. The molecular formula is C19H26N2O3. The third kappa shape index (κ3) is 3.18. The minimum Gasteiger partial charge on any atom is -0.391 e. The summed E-state index contributed by atoms with van der Waals surface area (Å²) in [5.41, 5.74) is 0.528. The van der Waals surface area contributed by atoms with E-state index < -0.39 is 12.1 Å². The van der Waals surface area contributed by atoms with Crippen molar-refractivity contribution >= 4 is 11.8 Å². The van der Waals surface area contributed by atoms with Crippen LogP contribution >= 0.6 is 0 Å². The molecule has 2 aliphatic heterocycles. The SMILES string of the molecule is CC1(C)CN(C(=O)[C@@H](c2ccccc2)N2CCCCC2=O)C[C@@H]1O. The van der Waals surface area contributed by atoms with Gasteiger partial charge in [0.2, 0.25) is 11.8 Å². The lowest BCUT2D eigenvalue weighted by atomic mass is 9.90. The van der Waals surface area contributed by atoms with E-state index in [4.69, 9.17) is 0 Å². The normalized spacial score (nSPS) is 25.0. The van der Waals surface area contributed by atoms with Crippen molar-refractivity contribution in [2.24, 2.45) is 5.41 Å². The molecule has 0 unspecified atom stereocenters. The van der Waals surface area contributed by atoms with E-state index in [0.29, 0.717) is 26.1 Å². The van der Waals surface area contributed by atoms with E-state index in [1.807, 2.05) is 44.2 Å². The number of carbonyl (C=O) groups excluding carboxylic acids is 2. The van der Waals surface area contributed by atoms with Crippen LogP contribution in [-0.4, -0.2) is 52.5 Å². The molecule has 5 heteroatoms. The summed E-state index contributed by atoms with van der Waals surface area (Å²) in [7, 11) is 0. The molecule has 2 saturated heterocycles. The highest BCUT2D eigenvalue weighted by Gasteiger charge is 2.44. The summed E-state index contributed by atoms with van der Waals surface area (Å²) in [5.74, 6) is -0.0384. The molecule has 130 valence electrons. The summed E-state index contributed by atoms with van der Waals surface area (Å²) < 4.78 is 0. The maximum absolute atomic E-state index is 13.2. The van der Waals surface area contributed by atoms with Crippen LogP contribution in [0.25, 0.3) is 0 Å². The lowest BCUT2D eigenvalue weighted by Gasteiger charge is -2.36. The van der Waals surface area contributed by atoms with Crippen LogP contribution in [-0.2, 0) is 9.59 Å². The van der Waals surface area contributed by atoms with E-state index in [2.05, 4.69) is 0 Å². The van der Waals surface area contributed by atoms with Crippen LogP contribution in [0.5, 0.6) is 0 Å². The van der Waals surface area contributed by atoms with Gasteiger partial charge < -0.3 is 14.9 Å². The van der Waals surface area contributed by atoms with E-state index in [1.165, 1.54) is 0 Å². The molecule has 0 radical (unpaired) electrons. The molecular weight excluding hydrogens is 304 g/mol. The number of aliphatic hydroxyl groups is 1. The zero-order chi connectivity index (χ0) is 17.3. The molecule has 0 aromatic heterocycles. The largest absolute Gasteiger partial charge is 0.391 e. The number of piperidine rings is 1. The van der Waals surface area contributed by atoms with Gasteiger partial charge in [0.1, 0.15) is 6.04 Å². The quantitative estimate of drug-likeness (QED) is 0.922. The Morgan fingerprint density at radius 1 is 1.25 bits per heavy atom. The van der Waals surface area contributed by atoms with Gasteiger partial charge in [0.15, 0.2) is 0 Å². The van der Waals surface area contributed by atoms with Gasteiger partial charge in [-0.3, -0.25) is 9.59 Å². The van der Waals surface area contributed by atoms with Crippen LogP contribution in [0.15, 0.2) is 30.3 Å². The average molecular weight is 330 g/mol. The van der Waals surface area contributed by atoms with Gasteiger partial charge >= 0.3 is 0 Å². The number of rotatable bonds is 3. The lowest BCUT2D eigenvalue weighted by Crippen LogP contribution is -2.47. The molecule has 0 bridgehead atoms. The van der Waals surface area contributed by atoms with Crippen molar-refractivity contribution < 1.29 is 14.7 Å². The molecule has 2 atom stereocenters. The summed E-state index contributed by atoms with van der Waals surface area (Å²) in [6.45, 7) is 5.39. The van der Waals surface area contributed by atoms with Crippen molar-refractivity contribution in [2.45, 2.75) is 45.3 Å². The molecule has 2 fully saturated rings. The summed E-state index contributed by atoms with van der Waals surface area (Å²) in [6, 6.07) is 8.93. The van der Waals surface area contributed by atoms with Gasteiger partial charge in [-0.2, -0.15) is 0 Å². The van der Waals surface area contributed by atoms with Crippen LogP contribution in [0.2, 0.25) is 0 Å². The van der Waals surface area contributed by atoms with Crippen molar-refractivity contribution in [3.63, 3.8) is 0 Å². The number of carbonyl (C=O) groups is 2. The van der Waals surface area contributed by atoms with Crippen molar-refractivity contribution in [3.8, 4) is 0 Å². The van der Waals surface area contributed by atoms with Crippen LogP contribution in [0, 0.1) is 5.41 Å². The maximum Gasteiger partial charge on any atom is 0.250 e. The number of nitrogens with zero attached hydrogens (tertiary/aromatic N) is 2. The fourth-order valence-electron chi connectivity index (χ4n) is 3.65. The summed E-state index contributed by atoms with van der Waals surface area (Å²) >= 11 is 0. The molecule has 0 aliphatic carbocycles. The Hall–Kier alpha value is -1.88. The minimum atomic E-state index is -0.583. The first-order chi connectivity index (χ1) is 11.4. The fourth-order valence-corrected chi connectivity index (χ4v) is 3.65. The van der Waals surface area contributed by atoms with Gasteiger partial charge in [-0.25, -0.2) is 0 Å². The third-order valence-electron chi connectivity index (χ3n) is 5.23. The maximum atomic E-state index is 13.2. The highest BCUT2D eigenvalue weighted by Crippen LogP contribution is 2.34. The number of benzene rings is 1. The fraction of sp³-hybridized carbons (Fsp3) is 0.579. The zero-order valence-corrected chi connectivity index (χ0v) is 14.4. The molecule has 0 saturated carbocycles. The van der Waals surface area contributed by atoms with E-state index in [0.717, 1.165) is 18.4 Å². The first kappa shape index (κ1) is 17.0. The highest BCUT2D eigenvalue weighted by molar-refractivity contribution is 5.89. The van der Waals surface area contributed by atoms with Crippen molar-refractivity contribution in [2.75, 3.05) is 19.6 Å². The van der Waals surface area contributed by atoms with E-state index in [-0.39, 0.29) is 17.2 Å². The summed E-state index contributed by atoms with van der Waals surface area (Å²) in [4.78, 5) is 29.1. The second kappa shape index (κ2) is 6.55. The smallest absolute Gasteiger partial charge is 0.250 e. The van der Waals surface area contributed by atoms with E-state index in [1.54, 1.807) is 9.80 Å². The van der Waals surface area contributed by atoms with Crippen molar-refractivity contribution in [3.05, 3.63) is 35.9 Å². The molecule has 2 amide bonds. The number of aliphatic hydroxyl groups excluding tert-OH is 1. The van der Waals surface area contributed by atoms with Crippen molar-refractivity contribution in [1.29, 1.82) is 0 Å². The third-order valence-corrected chi connectivity index (χ3v) is 5.23. The number of amides is 2. The monoisotopic (exact) mass is 330 g/mol. The van der Waals surface area contributed by atoms with Crippen LogP contribution in [0.4, 0.5) is 0 Å². The van der Waals surface area contributed by atoms with Gasteiger partial charge in [-0.15, -0.1) is 0 Å². The van der Waals surface area contributed by atoms with Gasteiger partial charge in [-0.1, -0.05) is 44.2 Å². The molecule has 2 heterocycles. The topological polar surface area (TPSA) is 60.9 Å². The molecule has 5 nitrogen and oxygen atoms in total. The van der Waals surface area contributed by atoms with E-state index >= 15 is 0 Å². The Morgan fingerprint density at radius 3 is 2.54 bits per heavy atom. The van der Waals surface area contributed by atoms with Gasteiger partial charge in [0.25, 0.3) is 0 Å². The lowest BCUT2D eigenvalue weighted by molar-refractivity contribution is -0.147. The molecule has 2 aliphatic rings. The van der Waals surface area contributed by atoms with E-state index in [9.17, 15) is 14.7 Å². The number of hydrogen-bond acceptors (Lipinski definition) is 3. The Bertz CT molecular complexity index is 614. The second-order valence-corrected chi connectivity index (χ2v) is 7.58. The molecule has 1 N–H and O–H groups in total. The molecule has 0 spiro atoms. The number of likely N-dealkylation sites (tertiary alicyclic amines) is 2. The van der Waals surface area contributed by atoms with Gasteiger partial charge in [-0.05, 0) is 18.4 Å². The van der Waals surface area contributed by atoms with Crippen LogP contribution in [0.1, 0.15) is 44.7 Å². The predicted octanol–water partition coefficient (Wildman–Crippen LogP) is 1.97. The summed E-state index contributed by atoms with van der Waals surface area (Å²) in [5, 5.41) is 10.2. The zero-order valence-electron chi connectivity index (χ0n) is 14.4. The Labute approximate surface area is 143 Å². The Kier molecular flexibility index (Phi) is 4.63. The van der Waals surface area contributed by atoms with Crippen molar-refractivity contribution in [1.82, 2.24) is 9.80 Å². The highest BCUT2D eigenvalue weighted by atomic mass is 16.3. The van der Waals surface area contributed by atoms with Crippen LogP contribution < -0.4 is 0 Å². The molecule has 1 aromatic carbocycles. The average Bonchev–Trinajstić information content (AvgIpc) is 2.84. The standard InChI is InChI=1S/C19H26N2O3/c1-19(2)13-20(12-15(19)22)18(24)17(14-8-4-3-5-9-14)21-11-7-6-10-16(21)23/h3-5,8-9,15,17,22H,6-7,10-13H2,1-2H3/t15-,17+/m0/s1. The first-order valence-electron chi connectivity index (χ1n) is 8.71. The number of hydrogen-bond donors (Lipinski definition) is 1. The summed E-state index contributed by atoms with van der Waals surface area (Å²) in [6.07, 6.45) is 1.79. The Balaban J connectivity index is 1.90. The molecule has 24 heavy (non-hydrogen) atoms. The number of β-amino-alcohol motifs (C(OH)–C–C–N with tert-alkyl or cyclic N) is 1. The molecule has 3 rings (SSSR count). The molecule has 1 aromatic rings. The van der Waals surface area contributed by atoms with Crippen LogP contribution in [0.3, 0.4) is 0 Å². The van der Waals surface area contributed by atoms with Gasteiger partial charge in [0.05, 0.1) is 6.10 Å². The predicted molar refractivity (Wildman–Crippen MR) is 91.1 cm³/mol. The van der Waals surface area contributed by atoms with Gasteiger partial charge in [0, 0.05) is 31.5 Å².